The Hall–Kier alpha value is -1.69. The van der Waals surface area contributed by atoms with Gasteiger partial charge in [-0.05, 0) is 37.9 Å². The number of rotatable bonds is 6. The van der Waals surface area contributed by atoms with Crippen LogP contribution in [0.15, 0.2) is 18.2 Å². The minimum Gasteiger partial charge on any atom is -0.364 e. The first-order valence-electron chi connectivity index (χ1n) is 7.04. The van der Waals surface area contributed by atoms with Crippen molar-refractivity contribution in [1.82, 2.24) is 5.32 Å². The molecule has 1 aliphatic heterocycles. The van der Waals surface area contributed by atoms with Gasteiger partial charge in [0, 0.05) is 19.1 Å². The van der Waals surface area contributed by atoms with Crippen LogP contribution in [-0.4, -0.2) is 30.6 Å². The monoisotopic (exact) mass is 281 g/mol. The van der Waals surface area contributed by atoms with E-state index in [1.54, 1.807) is 0 Å². The quantitative estimate of drug-likeness (QED) is 0.643. The molecule has 0 spiro atoms. The van der Waals surface area contributed by atoms with E-state index in [1.807, 2.05) is 11.8 Å². The maximum Gasteiger partial charge on any atom is 0.295 e. The Bertz CT molecular complexity index is 475. The van der Waals surface area contributed by atoms with E-state index in [2.05, 4.69) is 5.32 Å². The third-order valence-electron chi connectivity index (χ3n) is 3.57. The average molecular weight is 281 g/mol. The molecule has 1 aliphatic rings. The molecule has 0 radical (unpaired) electrons. The molecule has 1 heterocycles. The number of hydrogen-bond acceptors (Lipinski definition) is 4. The summed E-state index contributed by atoms with van der Waals surface area (Å²) in [5.41, 5.74) is 0.350. The molecule has 1 unspecified atom stereocenters. The second-order valence-electron chi connectivity index (χ2n) is 5.13. The van der Waals surface area contributed by atoms with Crippen LogP contribution in [0.4, 0.5) is 15.8 Å². The predicted octanol–water partition coefficient (Wildman–Crippen LogP) is 2.70. The number of nitrogens with zero attached hydrogens (tertiary/aromatic N) is 2. The van der Waals surface area contributed by atoms with Crippen LogP contribution in [0.3, 0.4) is 0 Å². The lowest BCUT2D eigenvalue weighted by atomic mass is 10.1. The van der Waals surface area contributed by atoms with Gasteiger partial charge in [-0.2, -0.15) is 0 Å². The molecule has 1 N–H and O–H groups in total. The Morgan fingerprint density at radius 1 is 1.55 bits per heavy atom. The fraction of sp³-hybridized carbons (Fsp3) is 0.571. The van der Waals surface area contributed by atoms with E-state index in [0.29, 0.717) is 11.7 Å². The van der Waals surface area contributed by atoms with Crippen molar-refractivity contribution >= 4 is 11.4 Å². The molecule has 0 bridgehead atoms. The predicted molar refractivity (Wildman–Crippen MR) is 76.6 cm³/mol. The van der Waals surface area contributed by atoms with Gasteiger partial charge >= 0.3 is 0 Å². The summed E-state index contributed by atoms with van der Waals surface area (Å²) in [6, 6.07) is 4.15. The Morgan fingerprint density at radius 2 is 2.35 bits per heavy atom. The van der Waals surface area contributed by atoms with E-state index >= 15 is 0 Å². The van der Waals surface area contributed by atoms with Gasteiger partial charge in [-0.25, -0.2) is 4.39 Å². The van der Waals surface area contributed by atoms with E-state index in [-0.39, 0.29) is 5.69 Å². The number of hydrogen-bond donors (Lipinski definition) is 1. The highest BCUT2D eigenvalue weighted by atomic mass is 19.1. The topological polar surface area (TPSA) is 58.4 Å². The summed E-state index contributed by atoms with van der Waals surface area (Å²) in [7, 11) is 0. The molecular formula is C14H20FN3O2. The lowest BCUT2D eigenvalue weighted by Gasteiger charge is -2.27. The van der Waals surface area contributed by atoms with Crippen LogP contribution >= 0.6 is 0 Å². The minimum atomic E-state index is -0.573. The normalized spacial score (nSPS) is 18.2. The van der Waals surface area contributed by atoms with Crippen molar-refractivity contribution in [1.29, 1.82) is 0 Å². The number of anilines is 1. The van der Waals surface area contributed by atoms with Crippen LogP contribution in [0.25, 0.3) is 0 Å². The van der Waals surface area contributed by atoms with Crippen molar-refractivity contribution in [2.75, 3.05) is 24.5 Å². The maximum absolute atomic E-state index is 13.2. The van der Waals surface area contributed by atoms with Gasteiger partial charge in [0.05, 0.1) is 11.0 Å². The molecule has 0 amide bonds. The zero-order valence-electron chi connectivity index (χ0n) is 11.6. The molecule has 1 aromatic carbocycles. The zero-order valence-corrected chi connectivity index (χ0v) is 11.6. The van der Waals surface area contributed by atoms with Crippen molar-refractivity contribution in [3.8, 4) is 0 Å². The Morgan fingerprint density at radius 3 is 2.95 bits per heavy atom. The van der Waals surface area contributed by atoms with Gasteiger partial charge in [-0.3, -0.25) is 10.1 Å². The van der Waals surface area contributed by atoms with Crippen LogP contribution in [-0.2, 0) is 0 Å². The Kier molecular flexibility index (Phi) is 4.89. The summed E-state index contributed by atoms with van der Waals surface area (Å²) < 4.78 is 13.2. The lowest BCUT2D eigenvalue weighted by molar-refractivity contribution is -0.384. The van der Waals surface area contributed by atoms with Gasteiger partial charge < -0.3 is 10.2 Å². The van der Waals surface area contributed by atoms with Crippen molar-refractivity contribution in [2.45, 2.75) is 32.2 Å². The van der Waals surface area contributed by atoms with Crippen LogP contribution < -0.4 is 10.2 Å². The minimum absolute atomic E-state index is 0.156. The molecule has 1 fully saturated rings. The number of benzene rings is 1. The first kappa shape index (κ1) is 14.7. The largest absolute Gasteiger partial charge is 0.364 e. The molecule has 5 nitrogen and oxygen atoms in total. The van der Waals surface area contributed by atoms with Crippen LogP contribution in [0.1, 0.15) is 26.2 Å². The van der Waals surface area contributed by atoms with Crippen molar-refractivity contribution in [3.05, 3.63) is 34.1 Å². The fourth-order valence-electron chi connectivity index (χ4n) is 2.67. The average Bonchev–Trinajstić information content (AvgIpc) is 2.91. The van der Waals surface area contributed by atoms with E-state index in [9.17, 15) is 14.5 Å². The summed E-state index contributed by atoms with van der Waals surface area (Å²) in [5, 5.41) is 14.5. The molecule has 1 atom stereocenters. The highest BCUT2D eigenvalue weighted by molar-refractivity contribution is 5.63. The molecule has 20 heavy (non-hydrogen) atoms. The molecule has 2 rings (SSSR count). The summed E-state index contributed by atoms with van der Waals surface area (Å²) >= 11 is 0. The number of nitrogens with one attached hydrogen (secondary N) is 1. The van der Waals surface area contributed by atoms with Gasteiger partial charge in [-0.1, -0.05) is 6.92 Å². The first-order valence-corrected chi connectivity index (χ1v) is 7.04. The van der Waals surface area contributed by atoms with Gasteiger partial charge in [0.15, 0.2) is 0 Å². The Labute approximate surface area is 117 Å². The molecule has 0 aliphatic carbocycles. The van der Waals surface area contributed by atoms with Gasteiger partial charge in [0.25, 0.3) is 5.69 Å². The van der Waals surface area contributed by atoms with E-state index in [4.69, 9.17) is 0 Å². The summed E-state index contributed by atoms with van der Waals surface area (Å²) in [4.78, 5) is 12.6. The van der Waals surface area contributed by atoms with E-state index in [0.717, 1.165) is 45.0 Å². The second kappa shape index (κ2) is 6.65. The van der Waals surface area contributed by atoms with Gasteiger partial charge in [0.2, 0.25) is 0 Å². The molecule has 110 valence electrons. The Balaban J connectivity index is 2.25. The number of nitro benzene ring substituents is 1. The highest BCUT2D eigenvalue weighted by Gasteiger charge is 2.23. The van der Waals surface area contributed by atoms with Crippen LogP contribution in [0.5, 0.6) is 0 Å². The van der Waals surface area contributed by atoms with Crippen LogP contribution in [0, 0.1) is 15.9 Å². The molecule has 6 heteroatoms. The van der Waals surface area contributed by atoms with E-state index < -0.39 is 10.7 Å². The second-order valence-corrected chi connectivity index (χ2v) is 5.13. The first-order chi connectivity index (χ1) is 9.61. The summed E-state index contributed by atoms with van der Waals surface area (Å²) in [6.07, 6.45) is 3.10. The maximum atomic E-state index is 13.2. The zero-order chi connectivity index (χ0) is 14.5. The number of halogens is 1. The third-order valence-corrected chi connectivity index (χ3v) is 3.57. The van der Waals surface area contributed by atoms with Crippen LogP contribution in [0.2, 0.25) is 0 Å². The number of nitro groups is 1. The fourth-order valence-corrected chi connectivity index (χ4v) is 2.67. The smallest absolute Gasteiger partial charge is 0.295 e. The van der Waals surface area contributed by atoms with Crippen molar-refractivity contribution < 1.29 is 9.31 Å². The van der Waals surface area contributed by atoms with Gasteiger partial charge in [0.1, 0.15) is 11.5 Å². The molecule has 0 saturated carbocycles. The summed E-state index contributed by atoms with van der Waals surface area (Å²) in [5.74, 6) is -0.573. The van der Waals surface area contributed by atoms with Crippen molar-refractivity contribution in [2.24, 2.45) is 0 Å². The SMILES string of the molecule is CCCN(CC1CCCN1)c1ccc(F)cc1[N+](=O)[O-]. The molecule has 1 aromatic rings. The highest BCUT2D eigenvalue weighted by Crippen LogP contribution is 2.29. The summed E-state index contributed by atoms with van der Waals surface area (Å²) in [6.45, 7) is 4.48. The molecule has 0 aromatic heterocycles. The van der Waals surface area contributed by atoms with Gasteiger partial charge in [-0.15, -0.1) is 0 Å². The molecule has 1 saturated heterocycles. The van der Waals surface area contributed by atoms with E-state index in [1.165, 1.54) is 12.1 Å². The third kappa shape index (κ3) is 3.45. The standard InChI is InChI=1S/C14H20FN3O2/c1-2-8-17(10-12-4-3-7-16-12)13-6-5-11(15)9-14(13)18(19)20/h5-6,9,12,16H,2-4,7-8,10H2,1H3. The van der Waals surface area contributed by atoms with Crippen molar-refractivity contribution in [3.63, 3.8) is 0 Å². The lowest BCUT2D eigenvalue weighted by Crippen LogP contribution is -2.38. The molecular weight excluding hydrogens is 261 g/mol.